The third kappa shape index (κ3) is 3.55. The molecule has 174 valence electrons. The normalized spacial score (nSPS) is 31.4. The maximum Gasteiger partial charge on any atom is 0.348 e. The topological polar surface area (TPSA) is 91.9 Å². The Hall–Kier alpha value is -1.05. The van der Waals surface area contributed by atoms with E-state index in [-0.39, 0.29) is 46.6 Å². The van der Waals surface area contributed by atoms with Crippen LogP contribution in [0.1, 0.15) is 67.1 Å². The van der Waals surface area contributed by atoms with Gasteiger partial charge in [-0.25, -0.2) is 4.79 Å². The minimum atomic E-state index is -2.75. The first-order valence-electron chi connectivity index (χ1n) is 11.5. The minimum Gasteiger partial charge on any atom is -0.468 e. The van der Waals surface area contributed by atoms with Crippen LogP contribution in [0.5, 0.6) is 5.88 Å². The summed E-state index contributed by atoms with van der Waals surface area (Å²) >= 11 is 0. The largest absolute Gasteiger partial charge is 0.468 e. The van der Waals surface area contributed by atoms with Crippen LogP contribution < -0.4 is 10.4 Å². The van der Waals surface area contributed by atoms with Crippen molar-refractivity contribution in [2.45, 2.75) is 102 Å². The summed E-state index contributed by atoms with van der Waals surface area (Å²) in [7, 11) is -5.35. The average Bonchev–Trinajstić information content (AvgIpc) is 3.16. The highest BCUT2D eigenvalue weighted by molar-refractivity contribution is 6.83. The molecule has 4 atom stereocenters. The molecule has 1 N–H and O–H groups in total. The highest BCUT2D eigenvalue weighted by atomic mass is 28.5. The molecule has 3 aliphatic rings. The van der Waals surface area contributed by atoms with Crippen LogP contribution in [0.3, 0.4) is 0 Å². The molecule has 1 aromatic rings. The van der Waals surface area contributed by atoms with E-state index in [0.717, 1.165) is 5.56 Å². The Morgan fingerprint density at radius 3 is 2.16 bits per heavy atom. The Morgan fingerprint density at radius 2 is 1.58 bits per heavy atom. The molecule has 0 bridgehead atoms. The second-order valence-electron chi connectivity index (χ2n) is 10.2. The van der Waals surface area contributed by atoms with Gasteiger partial charge in [0.2, 0.25) is 5.88 Å². The van der Waals surface area contributed by atoms with Crippen molar-refractivity contribution < 1.29 is 22.4 Å². The van der Waals surface area contributed by atoms with E-state index in [4.69, 9.17) is 22.4 Å². The van der Waals surface area contributed by atoms with Gasteiger partial charge < -0.3 is 27.4 Å². The standard InChI is InChI=1S/C21H36N2O6Si2/c1-11(2)30(12(3)4)25-10-16-18(28-31(29-30,13(5)6)14(7)8)19-17(26-16)15-9-22-21(24)23-20(15)27-19/h9,11-14,16-19H,10H2,1-8H3,(H,22,23,24)/t16-,17+,18?,19+/m1/s1. The molecule has 8 nitrogen and oxygen atoms in total. The lowest BCUT2D eigenvalue weighted by molar-refractivity contribution is -0.0410. The molecule has 10 heteroatoms. The number of nitrogens with one attached hydrogen (secondary N) is 1. The Balaban J connectivity index is 1.76. The molecule has 0 radical (unpaired) electrons. The summed E-state index contributed by atoms with van der Waals surface area (Å²) in [5.74, 6) is 0.333. The SMILES string of the molecule is CC(C)[Si]1(C(C)C)OC[C@H]2O[C@H]3c4c[nH]c(=O)nc4O[C@@H]3C2O[Si](C(C)C)(C(C)C)O1. The Kier molecular flexibility index (Phi) is 6.02. The number of hydrogen-bond acceptors (Lipinski definition) is 7. The molecule has 0 saturated carbocycles. The maximum atomic E-state index is 11.7. The zero-order valence-corrected chi connectivity index (χ0v) is 21.8. The molecule has 0 aromatic carbocycles. The van der Waals surface area contributed by atoms with Gasteiger partial charge in [0.05, 0.1) is 12.2 Å². The van der Waals surface area contributed by atoms with Crippen molar-refractivity contribution in [2.24, 2.45) is 0 Å². The van der Waals surface area contributed by atoms with Crippen molar-refractivity contribution in [1.82, 2.24) is 9.97 Å². The number of nitrogens with zero attached hydrogens (tertiary/aromatic N) is 1. The van der Waals surface area contributed by atoms with Crippen LogP contribution in [0.2, 0.25) is 22.2 Å². The van der Waals surface area contributed by atoms with Crippen molar-refractivity contribution in [3.63, 3.8) is 0 Å². The molecule has 3 aliphatic heterocycles. The molecule has 31 heavy (non-hydrogen) atoms. The fourth-order valence-electron chi connectivity index (χ4n) is 5.34. The summed E-state index contributed by atoms with van der Waals surface area (Å²) < 4.78 is 33.6. The van der Waals surface area contributed by atoms with Gasteiger partial charge in [-0.2, -0.15) is 4.98 Å². The molecule has 4 rings (SSSR count). The molecule has 2 saturated heterocycles. The maximum absolute atomic E-state index is 11.7. The van der Waals surface area contributed by atoms with Gasteiger partial charge >= 0.3 is 22.8 Å². The molecule has 0 amide bonds. The third-order valence-corrected chi connectivity index (χ3v) is 17.2. The lowest BCUT2D eigenvalue weighted by atomic mass is 10.1. The molecule has 0 aliphatic carbocycles. The van der Waals surface area contributed by atoms with E-state index in [1.807, 2.05) is 0 Å². The lowest BCUT2D eigenvalue weighted by Gasteiger charge is -2.51. The second-order valence-corrected chi connectivity index (χ2v) is 19.0. The summed E-state index contributed by atoms with van der Waals surface area (Å²) in [4.78, 5) is 18.3. The van der Waals surface area contributed by atoms with Gasteiger partial charge in [0.1, 0.15) is 18.3 Å². The highest BCUT2D eigenvalue weighted by Gasteiger charge is 2.63. The number of fused-ring (bicyclic) bond motifs is 5. The molecular weight excluding hydrogens is 432 g/mol. The summed E-state index contributed by atoms with van der Waals surface area (Å²) in [5, 5.41) is 0. The molecular formula is C21H36N2O6Si2. The quantitative estimate of drug-likeness (QED) is 0.669. The van der Waals surface area contributed by atoms with E-state index in [0.29, 0.717) is 12.5 Å². The Morgan fingerprint density at radius 1 is 0.968 bits per heavy atom. The van der Waals surface area contributed by atoms with Gasteiger partial charge in [0, 0.05) is 6.20 Å². The van der Waals surface area contributed by atoms with Crippen LogP contribution in [-0.4, -0.2) is 52.0 Å². The van der Waals surface area contributed by atoms with E-state index >= 15 is 0 Å². The van der Waals surface area contributed by atoms with Crippen molar-refractivity contribution in [2.75, 3.05) is 6.61 Å². The van der Waals surface area contributed by atoms with E-state index in [1.165, 1.54) is 0 Å². The monoisotopic (exact) mass is 468 g/mol. The van der Waals surface area contributed by atoms with Crippen molar-refractivity contribution in [3.05, 3.63) is 22.2 Å². The van der Waals surface area contributed by atoms with Crippen LogP contribution >= 0.6 is 0 Å². The number of ether oxygens (including phenoxy) is 2. The third-order valence-electron chi connectivity index (χ3n) is 7.00. The number of aromatic amines is 1. The van der Waals surface area contributed by atoms with Gasteiger partial charge in [0.15, 0.2) is 6.10 Å². The molecule has 1 unspecified atom stereocenters. The number of rotatable bonds is 4. The van der Waals surface area contributed by atoms with Crippen molar-refractivity contribution >= 4 is 17.1 Å². The van der Waals surface area contributed by atoms with Gasteiger partial charge in [-0.15, -0.1) is 0 Å². The number of H-pyrrole nitrogens is 1. The highest BCUT2D eigenvalue weighted by Crippen LogP contribution is 2.51. The van der Waals surface area contributed by atoms with Crippen LogP contribution in [0, 0.1) is 0 Å². The summed E-state index contributed by atoms with van der Waals surface area (Å²) in [6.07, 6.45) is 0.343. The number of hydrogen-bond donors (Lipinski definition) is 1. The van der Waals surface area contributed by atoms with Crippen molar-refractivity contribution in [3.8, 4) is 5.88 Å². The first-order chi connectivity index (χ1) is 14.5. The summed E-state index contributed by atoms with van der Waals surface area (Å²) in [6.45, 7) is 18.0. The summed E-state index contributed by atoms with van der Waals surface area (Å²) in [5.41, 5.74) is 1.34. The molecule has 0 spiro atoms. The summed E-state index contributed by atoms with van der Waals surface area (Å²) in [6, 6.07) is 0. The smallest absolute Gasteiger partial charge is 0.348 e. The predicted octanol–water partition coefficient (Wildman–Crippen LogP) is 3.93. The van der Waals surface area contributed by atoms with Gasteiger partial charge in [-0.1, -0.05) is 55.4 Å². The fourth-order valence-corrected chi connectivity index (χ4v) is 16.5. The van der Waals surface area contributed by atoms with E-state index in [2.05, 4.69) is 65.4 Å². The average molecular weight is 469 g/mol. The predicted molar refractivity (Wildman–Crippen MR) is 121 cm³/mol. The Labute approximate surface area is 186 Å². The number of aromatic nitrogens is 2. The zero-order valence-electron chi connectivity index (χ0n) is 19.8. The van der Waals surface area contributed by atoms with E-state index in [9.17, 15) is 4.79 Å². The minimum absolute atomic E-state index is 0.224. The van der Waals surface area contributed by atoms with Crippen LogP contribution in [0.15, 0.2) is 11.0 Å². The van der Waals surface area contributed by atoms with Crippen LogP contribution in [-0.2, 0) is 17.7 Å². The van der Waals surface area contributed by atoms with Gasteiger partial charge in [0.25, 0.3) is 0 Å². The van der Waals surface area contributed by atoms with E-state index < -0.39 is 22.8 Å². The van der Waals surface area contributed by atoms with Crippen LogP contribution in [0.4, 0.5) is 0 Å². The lowest BCUT2D eigenvalue weighted by Crippen LogP contribution is -2.66. The van der Waals surface area contributed by atoms with Gasteiger partial charge in [-0.3, -0.25) is 0 Å². The zero-order chi connectivity index (χ0) is 22.7. The fraction of sp³-hybridized carbons (Fsp3) is 0.810. The van der Waals surface area contributed by atoms with E-state index in [1.54, 1.807) is 6.20 Å². The van der Waals surface area contributed by atoms with Crippen LogP contribution in [0.25, 0.3) is 0 Å². The molecule has 2 fully saturated rings. The Bertz CT molecular complexity index is 858. The first kappa shape index (κ1) is 23.1. The van der Waals surface area contributed by atoms with Crippen molar-refractivity contribution in [1.29, 1.82) is 0 Å². The first-order valence-corrected chi connectivity index (χ1v) is 15.4. The molecule has 1 aromatic heterocycles. The van der Waals surface area contributed by atoms with Gasteiger partial charge in [-0.05, 0) is 22.2 Å². The second kappa shape index (κ2) is 8.07. The molecule has 4 heterocycles.